The number of nitrogens with zero attached hydrogens (tertiary/aromatic N) is 2. The highest BCUT2D eigenvalue weighted by Crippen LogP contribution is 2.38. The molecule has 7 nitrogen and oxygen atoms in total. The number of sulfone groups is 1. The van der Waals surface area contributed by atoms with Crippen LogP contribution in [0.5, 0.6) is 11.5 Å². The minimum Gasteiger partial charge on any atom is -0.497 e. The van der Waals surface area contributed by atoms with Crippen molar-refractivity contribution >= 4 is 43.1 Å². The Labute approximate surface area is 226 Å². The number of fused-ring (bicyclic) bond motifs is 2. The molecule has 0 unspecified atom stereocenters. The molecule has 1 N–H and O–H groups in total. The van der Waals surface area contributed by atoms with E-state index in [9.17, 15) is 8.42 Å². The Kier molecular flexibility index (Phi) is 7.56. The maximum Gasteiger partial charge on any atom is 0.226 e. The zero-order valence-electron chi connectivity index (χ0n) is 21.1. The molecular weight excluding hydrogens is 522 g/mol. The highest BCUT2D eigenvalue weighted by Gasteiger charge is 2.29. The van der Waals surface area contributed by atoms with E-state index in [2.05, 4.69) is 10.4 Å². The van der Waals surface area contributed by atoms with Gasteiger partial charge in [-0.05, 0) is 55.2 Å². The van der Waals surface area contributed by atoms with Gasteiger partial charge in [-0.1, -0.05) is 60.1 Å². The van der Waals surface area contributed by atoms with Crippen LogP contribution in [0.3, 0.4) is 0 Å². The average Bonchev–Trinajstić information content (AvgIpc) is 3.29. The van der Waals surface area contributed by atoms with Crippen LogP contribution in [0.25, 0.3) is 21.7 Å². The minimum absolute atomic E-state index is 0.0511. The smallest absolute Gasteiger partial charge is 0.226 e. The molecule has 0 radical (unpaired) electrons. The largest absolute Gasteiger partial charge is 0.497 e. The van der Waals surface area contributed by atoms with Crippen molar-refractivity contribution in [1.29, 1.82) is 0 Å². The molecule has 1 aromatic heterocycles. The van der Waals surface area contributed by atoms with E-state index in [-0.39, 0.29) is 9.92 Å². The highest BCUT2D eigenvalue weighted by molar-refractivity contribution is 7.91. The standard InChI is InChI=1S/C29H28ClN3O4S/c1-31-14-7-15-37-26-18-23(36-2)17-25-28(26)33(19-20-8-5-11-22(30)16-20)32-29(25)38(34,35)27-13-6-10-21-9-3-4-12-24(21)27/h3-6,8-13,16-18,31H,7,14-15,19H2,1-2H3. The number of halogens is 1. The molecule has 5 aromatic rings. The number of ether oxygens (including phenoxy) is 2. The predicted molar refractivity (Wildman–Crippen MR) is 150 cm³/mol. The van der Waals surface area contributed by atoms with Crippen LogP contribution in [0.4, 0.5) is 0 Å². The van der Waals surface area contributed by atoms with Crippen LogP contribution in [-0.4, -0.2) is 45.5 Å². The van der Waals surface area contributed by atoms with E-state index in [0.29, 0.717) is 46.0 Å². The lowest BCUT2D eigenvalue weighted by molar-refractivity contribution is 0.309. The lowest BCUT2D eigenvalue weighted by Crippen LogP contribution is -2.12. The first-order chi connectivity index (χ1) is 18.4. The topological polar surface area (TPSA) is 82.4 Å². The summed E-state index contributed by atoms with van der Waals surface area (Å²) in [5.74, 6) is 0.988. The molecule has 196 valence electrons. The van der Waals surface area contributed by atoms with E-state index in [4.69, 9.17) is 21.1 Å². The maximum absolute atomic E-state index is 14.2. The van der Waals surface area contributed by atoms with Gasteiger partial charge in [0.2, 0.25) is 9.84 Å². The van der Waals surface area contributed by atoms with Gasteiger partial charge in [0.15, 0.2) is 5.03 Å². The molecule has 1 heterocycles. The summed E-state index contributed by atoms with van der Waals surface area (Å²) >= 11 is 6.24. The summed E-state index contributed by atoms with van der Waals surface area (Å²) in [5, 5.41) is 10.2. The predicted octanol–water partition coefficient (Wildman–Crippen LogP) is 5.72. The zero-order chi connectivity index (χ0) is 26.7. The summed E-state index contributed by atoms with van der Waals surface area (Å²) in [6.45, 7) is 1.54. The van der Waals surface area contributed by atoms with Crippen molar-refractivity contribution in [1.82, 2.24) is 15.1 Å². The summed E-state index contributed by atoms with van der Waals surface area (Å²) in [4.78, 5) is 0.198. The van der Waals surface area contributed by atoms with Gasteiger partial charge in [0.1, 0.15) is 17.0 Å². The van der Waals surface area contributed by atoms with Gasteiger partial charge in [0.25, 0.3) is 0 Å². The molecule has 38 heavy (non-hydrogen) atoms. The number of hydrogen-bond donors (Lipinski definition) is 1. The first-order valence-electron chi connectivity index (χ1n) is 12.3. The second kappa shape index (κ2) is 11.0. The van der Waals surface area contributed by atoms with Crippen LogP contribution in [0.2, 0.25) is 5.02 Å². The first-order valence-corrected chi connectivity index (χ1v) is 14.1. The van der Waals surface area contributed by atoms with E-state index in [1.165, 1.54) is 0 Å². The zero-order valence-corrected chi connectivity index (χ0v) is 22.7. The molecule has 0 fully saturated rings. The van der Waals surface area contributed by atoms with Crippen molar-refractivity contribution in [3.05, 3.63) is 89.4 Å². The lowest BCUT2D eigenvalue weighted by Gasteiger charge is -2.12. The van der Waals surface area contributed by atoms with Gasteiger partial charge in [-0.3, -0.25) is 4.68 Å². The van der Waals surface area contributed by atoms with E-state index < -0.39 is 9.84 Å². The molecule has 5 rings (SSSR count). The molecule has 0 atom stereocenters. The molecule has 0 amide bonds. The van der Waals surface area contributed by atoms with Crippen LogP contribution in [0.15, 0.2) is 88.8 Å². The number of methoxy groups -OCH3 is 1. The fraction of sp³-hybridized carbons (Fsp3) is 0.207. The van der Waals surface area contributed by atoms with E-state index in [1.54, 1.807) is 42.1 Å². The molecule has 4 aromatic carbocycles. The Morgan fingerprint density at radius 2 is 1.76 bits per heavy atom. The Hall–Kier alpha value is -3.59. The van der Waals surface area contributed by atoms with Gasteiger partial charge in [-0.2, -0.15) is 5.10 Å². The Balaban J connectivity index is 1.73. The van der Waals surface area contributed by atoms with Crippen LogP contribution in [0, 0.1) is 0 Å². The average molecular weight is 550 g/mol. The first kappa shape index (κ1) is 26.0. The Morgan fingerprint density at radius 3 is 2.55 bits per heavy atom. The van der Waals surface area contributed by atoms with Gasteiger partial charge in [-0.25, -0.2) is 8.42 Å². The third-order valence-electron chi connectivity index (χ3n) is 6.33. The molecule has 0 spiro atoms. The Bertz CT molecular complexity index is 1710. The van der Waals surface area contributed by atoms with Gasteiger partial charge >= 0.3 is 0 Å². The second-order valence-electron chi connectivity index (χ2n) is 8.90. The van der Waals surface area contributed by atoms with Crippen molar-refractivity contribution in [2.24, 2.45) is 0 Å². The van der Waals surface area contributed by atoms with Crippen molar-refractivity contribution in [2.45, 2.75) is 22.9 Å². The number of nitrogens with one attached hydrogen (secondary N) is 1. The monoisotopic (exact) mass is 549 g/mol. The van der Waals surface area contributed by atoms with Crippen LogP contribution >= 0.6 is 11.6 Å². The molecule has 0 saturated heterocycles. The molecule has 0 aliphatic heterocycles. The number of aromatic nitrogens is 2. The molecule has 9 heteroatoms. The molecule has 0 aliphatic carbocycles. The SMILES string of the molecule is CNCCCOc1cc(OC)cc2c(S(=O)(=O)c3cccc4ccccc34)nn(Cc3cccc(Cl)c3)c12. The fourth-order valence-electron chi connectivity index (χ4n) is 4.54. The number of rotatable bonds is 10. The van der Waals surface area contributed by atoms with E-state index in [0.717, 1.165) is 23.9 Å². The number of benzene rings is 4. The minimum atomic E-state index is -4.02. The van der Waals surface area contributed by atoms with Gasteiger partial charge in [-0.15, -0.1) is 0 Å². The van der Waals surface area contributed by atoms with Crippen LogP contribution in [0.1, 0.15) is 12.0 Å². The van der Waals surface area contributed by atoms with Crippen molar-refractivity contribution in [3.63, 3.8) is 0 Å². The normalized spacial score (nSPS) is 11.8. The summed E-state index contributed by atoms with van der Waals surface area (Å²) < 4.78 is 41.8. The van der Waals surface area contributed by atoms with Gasteiger partial charge in [0.05, 0.1) is 25.2 Å². The fourth-order valence-corrected chi connectivity index (χ4v) is 6.35. The third kappa shape index (κ3) is 5.07. The van der Waals surface area contributed by atoms with Crippen LogP contribution < -0.4 is 14.8 Å². The molecule has 0 aliphatic rings. The van der Waals surface area contributed by atoms with E-state index >= 15 is 0 Å². The van der Waals surface area contributed by atoms with Crippen LogP contribution in [-0.2, 0) is 16.4 Å². The molecular formula is C29H28ClN3O4S. The number of hydrogen-bond acceptors (Lipinski definition) is 6. The van der Waals surface area contributed by atoms with Crippen molar-refractivity contribution in [2.75, 3.05) is 27.3 Å². The second-order valence-corrected chi connectivity index (χ2v) is 11.2. The van der Waals surface area contributed by atoms with Crippen molar-refractivity contribution in [3.8, 4) is 11.5 Å². The highest BCUT2D eigenvalue weighted by atomic mass is 35.5. The molecule has 0 bridgehead atoms. The van der Waals surface area contributed by atoms with Gasteiger partial charge < -0.3 is 14.8 Å². The Morgan fingerprint density at radius 1 is 0.974 bits per heavy atom. The molecule has 0 saturated carbocycles. The van der Waals surface area contributed by atoms with Gasteiger partial charge in [0, 0.05) is 21.9 Å². The van der Waals surface area contributed by atoms with E-state index in [1.807, 2.05) is 55.6 Å². The van der Waals surface area contributed by atoms with Crippen molar-refractivity contribution < 1.29 is 17.9 Å². The summed E-state index contributed by atoms with van der Waals surface area (Å²) in [5.41, 5.74) is 1.46. The maximum atomic E-state index is 14.2. The summed E-state index contributed by atoms with van der Waals surface area (Å²) in [7, 11) is -0.596. The quantitative estimate of drug-likeness (QED) is 0.224. The lowest BCUT2D eigenvalue weighted by atomic mass is 10.1. The summed E-state index contributed by atoms with van der Waals surface area (Å²) in [6.07, 6.45) is 0.777. The summed E-state index contributed by atoms with van der Waals surface area (Å²) in [6, 6.07) is 23.6. The third-order valence-corrected chi connectivity index (χ3v) is 8.31.